The molecule has 0 aromatic heterocycles. The van der Waals surface area contributed by atoms with E-state index in [1.54, 1.807) is 0 Å². The van der Waals surface area contributed by atoms with Crippen LogP contribution in [0.3, 0.4) is 0 Å². The van der Waals surface area contributed by atoms with E-state index in [1.807, 2.05) is 33.3 Å². The van der Waals surface area contributed by atoms with Crippen molar-refractivity contribution in [2.75, 3.05) is 40.9 Å². The Balaban J connectivity index is 5.19. The SMILES string of the molecule is CCCCCCCCCCCC/C=C/C(OC(=O)CCCCCCCCCCCCCCCCC)C(COP(=O)(O)OCC[N+](C)(C)C)NC(=O)CCCCCCCCCCCCCCCCCCCCC. The Morgan fingerprint density at radius 1 is 0.472 bits per heavy atom. The number of nitrogens with one attached hydrogen (secondary N) is 1. The predicted octanol–water partition coefficient (Wildman–Crippen LogP) is 19.2. The molecule has 2 N–H and O–H groups in total. The van der Waals surface area contributed by atoms with Gasteiger partial charge in [-0.2, -0.15) is 0 Å². The van der Waals surface area contributed by atoms with Gasteiger partial charge in [0, 0.05) is 12.8 Å². The zero-order valence-electron chi connectivity index (χ0n) is 49.0. The molecule has 0 aliphatic rings. The van der Waals surface area contributed by atoms with Crippen LogP contribution in [-0.2, 0) is 27.9 Å². The molecule has 9 nitrogen and oxygen atoms in total. The topological polar surface area (TPSA) is 111 Å². The highest BCUT2D eigenvalue weighted by molar-refractivity contribution is 7.47. The molecule has 0 saturated heterocycles. The lowest BCUT2D eigenvalue weighted by atomic mass is 10.0. The monoisotopic (exact) mass is 1040 g/mol. The van der Waals surface area contributed by atoms with Gasteiger partial charge in [-0.25, -0.2) is 4.57 Å². The summed E-state index contributed by atoms with van der Waals surface area (Å²) in [7, 11) is 1.52. The maximum Gasteiger partial charge on any atom is 0.472 e. The van der Waals surface area contributed by atoms with Crippen LogP contribution in [0.5, 0.6) is 0 Å². The summed E-state index contributed by atoms with van der Waals surface area (Å²) in [5.41, 5.74) is 0. The highest BCUT2D eigenvalue weighted by Gasteiger charge is 2.30. The van der Waals surface area contributed by atoms with Gasteiger partial charge < -0.3 is 19.4 Å². The highest BCUT2D eigenvalue weighted by Crippen LogP contribution is 2.43. The van der Waals surface area contributed by atoms with Crippen LogP contribution in [0.2, 0.25) is 0 Å². The molecule has 0 aliphatic heterocycles. The van der Waals surface area contributed by atoms with Gasteiger partial charge in [-0.15, -0.1) is 0 Å². The first-order valence-electron chi connectivity index (χ1n) is 31.5. The molecule has 0 heterocycles. The minimum absolute atomic E-state index is 0.0458. The van der Waals surface area contributed by atoms with Gasteiger partial charge in [0.25, 0.3) is 0 Å². The van der Waals surface area contributed by atoms with Gasteiger partial charge >= 0.3 is 13.8 Å². The number of esters is 1. The minimum atomic E-state index is -4.44. The Morgan fingerprint density at radius 2 is 0.792 bits per heavy atom. The van der Waals surface area contributed by atoms with Crippen molar-refractivity contribution in [3.63, 3.8) is 0 Å². The summed E-state index contributed by atoms with van der Waals surface area (Å²) in [6, 6.07) is -0.839. The molecule has 3 atom stereocenters. The number of phosphoric ester groups is 1. The molecule has 0 aliphatic carbocycles. The normalized spacial score (nSPS) is 13.7. The van der Waals surface area contributed by atoms with Crippen LogP contribution in [0.15, 0.2) is 12.2 Å². The summed E-state index contributed by atoms with van der Waals surface area (Å²) in [4.78, 5) is 37.7. The van der Waals surface area contributed by atoms with Crippen LogP contribution in [0.4, 0.5) is 0 Å². The van der Waals surface area contributed by atoms with Crippen LogP contribution in [0.25, 0.3) is 0 Å². The van der Waals surface area contributed by atoms with E-state index >= 15 is 0 Å². The van der Waals surface area contributed by atoms with Crippen molar-refractivity contribution in [3.8, 4) is 0 Å². The summed E-state index contributed by atoms with van der Waals surface area (Å²) in [6.07, 6.45) is 60.6. The number of likely N-dealkylation sites (N-methyl/N-ethyl adjacent to an activating group) is 1. The lowest BCUT2D eigenvalue weighted by Crippen LogP contribution is -2.47. The van der Waals surface area contributed by atoms with Crippen LogP contribution >= 0.6 is 7.82 Å². The Kier molecular flexibility index (Phi) is 52.2. The number of amides is 1. The van der Waals surface area contributed by atoms with Gasteiger partial charge in [0.1, 0.15) is 19.3 Å². The predicted molar refractivity (Wildman–Crippen MR) is 310 cm³/mol. The fraction of sp³-hybridized carbons (Fsp3) is 0.935. The minimum Gasteiger partial charge on any atom is -0.456 e. The average molecular weight is 1040 g/mol. The third-order valence-electron chi connectivity index (χ3n) is 14.5. The summed E-state index contributed by atoms with van der Waals surface area (Å²) >= 11 is 0. The largest absolute Gasteiger partial charge is 0.472 e. The lowest BCUT2D eigenvalue weighted by molar-refractivity contribution is -0.870. The van der Waals surface area contributed by atoms with Gasteiger partial charge in [0.05, 0.1) is 33.8 Å². The molecule has 0 aromatic rings. The van der Waals surface area contributed by atoms with Crippen LogP contribution in [0.1, 0.15) is 323 Å². The Morgan fingerprint density at radius 3 is 1.14 bits per heavy atom. The van der Waals surface area contributed by atoms with E-state index in [-0.39, 0.29) is 25.1 Å². The van der Waals surface area contributed by atoms with E-state index in [4.69, 9.17) is 13.8 Å². The molecule has 3 unspecified atom stereocenters. The number of unbranched alkanes of at least 4 members (excludes halogenated alkanes) is 42. The number of carbonyl (C=O) groups excluding carboxylic acids is 2. The number of ether oxygens (including phenoxy) is 1. The molecule has 0 bridgehead atoms. The first-order valence-corrected chi connectivity index (χ1v) is 33.0. The Hall–Kier alpha value is -1.25. The van der Waals surface area contributed by atoms with Crippen molar-refractivity contribution in [3.05, 3.63) is 12.2 Å². The number of hydrogen-bond acceptors (Lipinski definition) is 6. The number of carbonyl (C=O) groups is 2. The number of phosphoric acid groups is 1. The van der Waals surface area contributed by atoms with Crippen LogP contribution in [0, 0.1) is 0 Å². The molecule has 0 fully saturated rings. The van der Waals surface area contributed by atoms with Crippen LogP contribution in [-0.4, -0.2) is 74.3 Å². The van der Waals surface area contributed by atoms with Gasteiger partial charge in [-0.3, -0.25) is 18.6 Å². The molecule has 0 aromatic carbocycles. The van der Waals surface area contributed by atoms with E-state index in [2.05, 4.69) is 26.1 Å². The molecule has 72 heavy (non-hydrogen) atoms. The molecule has 0 saturated carbocycles. The molecule has 0 rings (SSSR count). The molecular weight excluding hydrogens is 916 g/mol. The second kappa shape index (κ2) is 53.2. The van der Waals surface area contributed by atoms with E-state index in [1.165, 1.54) is 231 Å². The first-order chi connectivity index (χ1) is 34.9. The van der Waals surface area contributed by atoms with Gasteiger partial charge in [0.15, 0.2) is 0 Å². The Bertz CT molecular complexity index is 1240. The number of allylic oxidation sites excluding steroid dienone is 1. The summed E-state index contributed by atoms with van der Waals surface area (Å²) in [5.74, 6) is -0.483. The van der Waals surface area contributed by atoms with Crippen molar-refractivity contribution in [1.29, 1.82) is 0 Å². The molecule has 0 radical (unpaired) electrons. The fourth-order valence-electron chi connectivity index (χ4n) is 9.59. The standard InChI is InChI=1S/C62H123N2O7P/c1-7-10-13-16-19-22-25-28-30-31-32-33-35-36-39-42-45-48-51-54-61(65)63-59(58-70-72(67,68)69-57-56-64(4,5)6)60(53-50-47-44-41-38-27-24-21-18-15-12-9-3)71-62(66)55-52-49-46-43-40-37-34-29-26-23-20-17-14-11-8-2/h50,53,59-60H,7-49,51-52,54-58H2,1-6H3,(H-,63,65,67,68)/p+1/b53-50+. The summed E-state index contributed by atoms with van der Waals surface area (Å²) in [5, 5.41) is 3.07. The fourth-order valence-corrected chi connectivity index (χ4v) is 10.3. The van der Waals surface area contributed by atoms with E-state index in [9.17, 15) is 19.0 Å². The number of hydrogen-bond donors (Lipinski definition) is 2. The molecule has 1 amide bonds. The van der Waals surface area contributed by atoms with Gasteiger partial charge in [0.2, 0.25) is 5.91 Å². The smallest absolute Gasteiger partial charge is 0.456 e. The first kappa shape index (κ1) is 70.8. The number of quaternary nitrogens is 1. The van der Waals surface area contributed by atoms with E-state index < -0.39 is 20.0 Å². The van der Waals surface area contributed by atoms with E-state index in [0.29, 0.717) is 23.9 Å². The number of nitrogens with zero attached hydrogens (tertiary/aromatic N) is 1. The quantitative estimate of drug-likeness (QED) is 0.0205. The Labute approximate surface area is 448 Å². The average Bonchev–Trinajstić information content (AvgIpc) is 3.34. The van der Waals surface area contributed by atoms with Crippen molar-refractivity contribution >= 4 is 19.7 Å². The second-order valence-electron chi connectivity index (χ2n) is 23.0. The van der Waals surface area contributed by atoms with Crippen molar-refractivity contribution in [2.45, 2.75) is 335 Å². The zero-order chi connectivity index (χ0) is 52.9. The molecular formula is C62H124N2O7P+. The third-order valence-corrected chi connectivity index (χ3v) is 15.5. The highest BCUT2D eigenvalue weighted by atomic mass is 31.2. The third kappa shape index (κ3) is 53.6. The molecule has 10 heteroatoms. The summed E-state index contributed by atoms with van der Waals surface area (Å²) < 4.78 is 30.7. The number of rotatable bonds is 58. The van der Waals surface area contributed by atoms with Crippen molar-refractivity contribution in [1.82, 2.24) is 5.32 Å². The van der Waals surface area contributed by atoms with E-state index in [0.717, 1.165) is 57.8 Å². The maximum atomic E-state index is 13.5. The summed E-state index contributed by atoms with van der Waals surface area (Å²) in [6.45, 7) is 7.07. The van der Waals surface area contributed by atoms with Crippen molar-refractivity contribution < 1.29 is 37.3 Å². The van der Waals surface area contributed by atoms with Crippen molar-refractivity contribution in [2.24, 2.45) is 0 Å². The lowest BCUT2D eigenvalue weighted by Gasteiger charge is -2.27. The van der Waals surface area contributed by atoms with Gasteiger partial charge in [-0.1, -0.05) is 290 Å². The zero-order valence-corrected chi connectivity index (χ0v) is 49.9. The molecule has 0 spiro atoms. The second-order valence-corrected chi connectivity index (χ2v) is 24.4. The van der Waals surface area contributed by atoms with Gasteiger partial charge in [-0.05, 0) is 31.8 Å². The van der Waals surface area contributed by atoms with Crippen LogP contribution < -0.4 is 5.32 Å². The molecule has 428 valence electrons. The maximum absolute atomic E-state index is 13.5.